The van der Waals surface area contributed by atoms with Gasteiger partial charge in [0.05, 0.1) is 35.7 Å². The van der Waals surface area contributed by atoms with Gasteiger partial charge in [-0.15, -0.1) is 0 Å². The first-order valence-corrected chi connectivity index (χ1v) is 7.29. The van der Waals surface area contributed by atoms with Crippen molar-refractivity contribution in [1.82, 2.24) is 0 Å². The van der Waals surface area contributed by atoms with Crippen LogP contribution in [-0.2, 0) is 16.6 Å². The predicted octanol–water partition coefficient (Wildman–Crippen LogP) is 2.99. The summed E-state index contributed by atoms with van der Waals surface area (Å²) in [5.41, 5.74) is 3.05. The fourth-order valence-corrected chi connectivity index (χ4v) is 3.80. The van der Waals surface area contributed by atoms with Crippen LogP contribution in [0.15, 0.2) is 41.3 Å². The van der Waals surface area contributed by atoms with E-state index in [1.54, 1.807) is 14.2 Å². The van der Waals surface area contributed by atoms with E-state index in [1.807, 2.05) is 36.4 Å². The number of hydrogen-bond donors (Lipinski definition) is 0. The molecule has 2 aromatic carbocycles. The molecule has 1 aliphatic heterocycles. The van der Waals surface area contributed by atoms with E-state index < -0.39 is 10.8 Å². The number of hydrogen-bond acceptors (Lipinski definition) is 3. The molecule has 0 saturated heterocycles. The maximum Gasteiger partial charge on any atom is 0.169 e. The van der Waals surface area contributed by atoms with E-state index >= 15 is 0 Å². The van der Waals surface area contributed by atoms with Crippen molar-refractivity contribution >= 4 is 10.8 Å². The Bertz CT molecular complexity index is 664. The zero-order valence-electron chi connectivity index (χ0n) is 10.8. The molecule has 98 valence electrons. The lowest BCUT2D eigenvalue weighted by atomic mass is 9.98. The van der Waals surface area contributed by atoms with Crippen molar-refractivity contribution in [3.8, 4) is 22.6 Å². The van der Waals surface area contributed by atoms with E-state index in [0.717, 1.165) is 21.6 Å². The van der Waals surface area contributed by atoms with Crippen molar-refractivity contribution in [1.29, 1.82) is 0 Å². The van der Waals surface area contributed by atoms with Gasteiger partial charge in [0, 0.05) is 5.56 Å². The zero-order valence-corrected chi connectivity index (χ0v) is 11.6. The van der Waals surface area contributed by atoms with Crippen molar-refractivity contribution in [2.24, 2.45) is 0 Å². The number of fused-ring (bicyclic) bond motifs is 3. The third kappa shape index (κ3) is 1.83. The summed E-state index contributed by atoms with van der Waals surface area (Å²) in [6, 6.07) is 11.7. The highest BCUT2D eigenvalue weighted by Crippen LogP contribution is 2.46. The summed E-state index contributed by atoms with van der Waals surface area (Å²) in [5.74, 6) is 1.87. The Morgan fingerprint density at radius 1 is 1.05 bits per heavy atom. The summed E-state index contributed by atoms with van der Waals surface area (Å²) in [4.78, 5) is 0.816. The second-order valence-corrected chi connectivity index (χ2v) is 5.74. The molecule has 0 bridgehead atoms. The highest BCUT2D eigenvalue weighted by atomic mass is 32.2. The smallest absolute Gasteiger partial charge is 0.169 e. The largest absolute Gasteiger partial charge is 0.493 e. The normalized spacial score (nSPS) is 16.4. The topological polar surface area (TPSA) is 35.5 Å². The minimum Gasteiger partial charge on any atom is -0.493 e. The summed E-state index contributed by atoms with van der Waals surface area (Å²) in [6.07, 6.45) is 0. The van der Waals surface area contributed by atoms with Crippen LogP contribution < -0.4 is 9.47 Å². The number of benzene rings is 2. The molecule has 4 heteroatoms. The first-order valence-electron chi connectivity index (χ1n) is 5.98. The van der Waals surface area contributed by atoms with Crippen LogP contribution in [0.5, 0.6) is 11.5 Å². The summed E-state index contributed by atoms with van der Waals surface area (Å²) in [6.45, 7) is 0. The summed E-state index contributed by atoms with van der Waals surface area (Å²) in [5, 5.41) is 0. The second kappa shape index (κ2) is 4.70. The fraction of sp³-hybridized carbons (Fsp3) is 0.200. The lowest BCUT2D eigenvalue weighted by molar-refractivity contribution is 0.355. The van der Waals surface area contributed by atoms with Crippen LogP contribution in [0, 0.1) is 0 Å². The molecule has 0 aliphatic carbocycles. The molecule has 2 aromatic rings. The van der Waals surface area contributed by atoms with Crippen LogP contribution >= 0.6 is 0 Å². The molecule has 0 amide bonds. The van der Waals surface area contributed by atoms with Gasteiger partial charge < -0.3 is 9.47 Å². The van der Waals surface area contributed by atoms with Crippen molar-refractivity contribution in [2.45, 2.75) is 10.6 Å². The minimum absolute atomic E-state index is 0.554. The molecule has 1 aliphatic rings. The Kier molecular flexibility index (Phi) is 3.03. The third-order valence-corrected chi connectivity index (χ3v) is 4.73. The van der Waals surface area contributed by atoms with E-state index in [-0.39, 0.29) is 0 Å². The van der Waals surface area contributed by atoms with Crippen LogP contribution in [0.25, 0.3) is 11.1 Å². The molecule has 0 spiro atoms. The first-order chi connectivity index (χ1) is 9.26. The molecule has 1 atom stereocenters. The fourth-order valence-electron chi connectivity index (χ4n) is 2.46. The molecule has 3 rings (SSSR count). The van der Waals surface area contributed by atoms with Gasteiger partial charge in [-0.05, 0) is 23.3 Å². The van der Waals surface area contributed by atoms with Gasteiger partial charge in [0.1, 0.15) is 0 Å². The Hall–Kier alpha value is -1.81. The molecule has 3 nitrogen and oxygen atoms in total. The highest BCUT2D eigenvalue weighted by molar-refractivity contribution is 7.84. The predicted molar refractivity (Wildman–Crippen MR) is 75.1 cm³/mol. The van der Waals surface area contributed by atoms with E-state index in [1.165, 1.54) is 0 Å². The van der Waals surface area contributed by atoms with Crippen molar-refractivity contribution in [3.63, 3.8) is 0 Å². The second-order valence-electron chi connectivity index (χ2n) is 4.32. The molecule has 0 saturated carbocycles. The van der Waals surface area contributed by atoms with Crippen LogP contribution in [0.4, 0.5) is 0 Å². The summed E-state index contributed by atoms with van der Waals surface area (Å²) < 4.78 is 23.1. The van der Waals surface area contributed by atoms with Gasteiger partial charge >= 0.3 is 0 Å². The zero-order chi connectivity index (χ0) is 13.4. The van der Waals surface area contributed by atoms with Crippen LogP contribution in [0.1, 0.15) is 5.56 Å². The number of methoxy groups -OCH3 is 2. The van der Waals surface area contributed by atoms with Crippen LogP contribution in [0.2, 0.25) is 0 Å². The SMILES string of the molecule is COc1ccc2c(c1OC)-c1ccccc1CS2=O. The van der Waals surface area contributed by atoms with Crippen molar-refractivity contribution < 1.29 is 13.7 Å². The Balaban J connectivity index is 2.37. The van der Waals surface area contributed by atoms with Gasteiger partial charge in [0.25, 0.3) is 0 Å². The third-order valence-electron chi connectivity index (χ3n) is 3.33. The first kappa shape index (κ1) is 12.2. The summed E-state index contributed by atoms with van der Waals surface area (Å²) in [7, 11) is 2.18. The van der Waals surface area contributed by atoms with Crippen LogP contribution in [-0.4, -0.2) is 18.4 Å². The molecular weight excluding hydrogens is 260 g/mol. The molecule has 1 unspecified atom stereocenters. The van der Waals surface area contributed by atoms with Gasteiger partial charge in [0.2, 0.25) is 0 Å². The Labute approximate surface area is 114 Å². The van der Waals surface area contributed by atoms with Crippen LogP contribution in [0.3, 0.4) is 0 Å². The minimum atomic E-state index is -1.03. The average Bonchev–Trinajstić information content (AvgIpc) is 2.46. The molecule has 19 heavy (non-hydrogen) atoms. The lowest BCUT2D eigenvalue weighted by Gasteiger charge is -2.22. The number of rotatable bonds is 2. The quantitative estimate of drug-likeness (QED) is 0.844. The van der Waals surface area contributed by atoms with Crippen molar-refractivity contribution in [2.75, 3.05) is 14.2 Å². The van der Waals surface area contributed by atoms with Crippen molar-refractivity contribution in [3.05, 3.63) is 42.0 Å². The summed E-state index contributed by atoms with van der Waals surface area (Å²) >= 11 is 0. The molecular formula is C15H14O3S. The molecule has 0 aromatic heterocycles. The maximum absolute atomic E-state index is 12.3. The lowest BCUT2D eigenvalue weighted by Crippen LogP contribution is -2.08. The monoisotopic (exact) mass is 274 g/mol. The molecule has 0 fully saturated rings. The molecule has 0 radical (unpaired) electrons. The van der Waals surface area contributed by atoms with E-state index in [4.69, 9.17) is 9.47 Å². The molecule has 0 N–H and O–H groups in total. The number of ether oxygens (including phenoxy) is 2. The maximum atomic E-state index is 12.3. The Morgan fingerprint density at radius 2 is 1.84 bits per heavy atom. The van der Waals surface area contributed by atoms with Gasteiger partial charge in [0.15, 0.2) is 11.5 Å². The standard InChI is InChI=1S/C15H14O3S/c1-17-12-7-8-13-14(15(12)18-2)11-6-4-3-5-10(11)9-19(13)16/h3-8H,9H2,1-2H3. The van der Waals surface area contributed by atoms with Gasteiger partial charge in [-0.1, -0.05) is 24.3 Å². The van der Waals surface area contributed by atoms with E-state index in [9.17, 15) is 4.21 Å². The average molecular weight is 274 g/mol. The van der Waals surface area contributed by atoms with E-state index in [2.05, 4.69) is 0 Å². The van der Waals surface area contributed by atoms with E-state index in [0.29, 0.717) is 17.3 Å². The van der Waals surface area contributed by atoms with Gasteiger partial charge in [-0.25, -0.2) is 0 Å². The molecule has 1 heterocycles. The highest BCUT2D eigenvalue weighted by Gasteiger charge is 2.26. The Morgan fingerprint density at radius 3 is 2.58 bits per heavy atom. The van der Waals surface area contributed by atoms with Gasteiger partial charge in [-0.3, -0.25) is 4.21 Å². The van der Waals surface area contributed by atoms with Gasteiger partial charge in [-0.2, -0.15) is 0 Å².